The van der Waals surface area contributed by atoms with Gasteiger partial charge in [0, 0.05) is 28.1 Å². The molecule has 0 radical (unpaired) electrons. The highest BCUT2D eigenvalue weighted by Gasteiger charge is 2.11. The predicted octanol–water partition coefficient (Wildman–Crippen LogP) is 4.75. The van der Waals surface area contributed by atoms with E-state index < -0.39 is 0 Å². The van der Waals surface area contributed by atoms with Gasteiger partial charge in [0.2, 0.25) is 5.91 Å². The van der Waals surface area contributed by atoms with E-state index in [1.807, 2.05) is 42.6 Å². The van der Waals surface area contributed by atoms with Crippen LogP contribution in [0.25, 0.3) is 11.3 Å². The first-order valence-corrected chi connectivity index (χ1v) is 10.7. The van der Waals surface area contributed by atoms with Gasteiger partial charge in [-0.05, 0) is 30.2 Å². The summed E-state index contributed by atoms with van der Waals surface area (Å²) in [5.41, 5.74) is 4.05. The van der Waals surface area contributed by atoms with E-state index in [0.717, 1.165) is 33.6 Å². The summed E-state index contributed by atoms with van der Waals surface area (Å²) in [4.78, 5) is 21.2. The second-order valence-electron chi connectivity index (χ2n) is 5.63. The molecular formula is C19H19IN4OS. The minimum atomic E-state index is -0.0498. The van der Waals surface area contributed by atoms with E-state index in [1.54, 1.807) is 6.20 Å². The molecule has 2 heterocycles. The molecule has 3 rings (SSSR count). The Morgan fingerprint density at radius 1 is 1.23 bits per heavy atom. The zero-order chi connectivity index (χ0) is 18.4. The van der Waals surface area contributed by atoms with E-state index in [1.165, 1.54) is 16.9 Å². The van der Waals surface area contributed by atoms with E-state index in [4.69, 9.17) is 0 Å². The maximum absolute atomic E-state index is 12.4. The van der Waals surface area contributed by atoms with E-state index in [-0.39, 0.29) is 5.91 Å². The largest absolute Gasteiger partial charge is 0.370 e. The molecule has 0 aliphatic heterocycles. The summed E-state index contributed by atoms with van der Waals surface area (Å²) in [6.45, 7) is 2.84. The van der Waals surface area contributed by atoms with Gasteiger partial charge in [0.15, 0.2) is 5.13 Å². The lowest BCUT2D eigenvalue weighted by molar-refractivity contribution is -0.115. The molecule has 0 bridgehead atoms. The maximum atomic E-state index is 12.4. The number of halogens is 1. The van der Waals surface area contributed by atoms with Crippen LogP contribution in [0.1, 0.15) is 18.1 Å². The van der Waals surface area contributed by atoms with Gasteiger partial charge in [0.25, 0.3) is 0 Å². The molecule has 3 aromatic rings. The molecule has 134 valence electrons. The molecule has 26 heavy (non-hydrogen) atoms. The first-order chi connectivity index (χ1) is 12.7. The van der Waals surface area contributed by atoms with Gasteiger partial charge in [-0.15, -0.1) is 11.3 Å². The quantitative estimate of drug-likeness (QED) is 0.380. The Labute approximate surface area is 170 Å². The fourth-order valence-electron chi connectivity index (χ4n) is 2.53. The van der Waals surface area contributed by atoms with Crippen LogP contribution in [-0.4, -0.2) is 22.4 Å². The number of pyridine rings is 1. The van der Waals surface area contributed by atoms with Crippen molar-refractivity contribution in [3.05, 3.63) is 59.1 Å². The first-order valence-electron chi connectivity index (χ1n) is 8.28. The SMILES string of the molecule is CCNc1cc(-c2csc(NC(=O)Cc3ccccc3CI)n2)ccn1. The summed E-state index contributed by atoms with van der Waals surface area (Å²) in [6.07, 6.45) is 2.11. The number of nitrogens with one attached hydrogen (secondary N) is 2. The number of hydrogen-bond acceptors (Lipinski definition) is 5. The summed E-state index contributed by atoms with van der Waals surface area (Å²) in [6, 6.07) is 11.9. The van der Waals surface area contributed by atoms with Crippen LogP contribution in [-0.2, 0) is 15.6 Å². The molecule has 0 atom stereocenters. The molecule has 1 amide bonds. The van der Waals surface area contributed by atoms with Crippen LogP contribution in [0.4, 0.5) is 10.9 Å². The Morgan fingerprint density at radius 3 is 2.81 bits per heavy atom. The van der Waals surface area contributed by atoms with Crippen LogP contribution >= 0.6 is 33.9 Å². The van der Waals surface area contributed by atoms with Crippen molar-refractivity contribution in [1.29, 1.82) is 0 Å². The normalized spacial score (nSPS) is 10.5. The molecule has 0 aliphatic rings. The molecule has 0 saturated heterocycles. The zero-order valence-corrected chi connectivity index (χ0v) is 17.3. The fraction of sp³-hybridized carbons (Fsp3) is 0.211. The molecule has 5 nitrogen and oxygen atoms in total. The number of anilines is 2. The van der Waals surface area contributed by atoms with Gasteiger partial charge >= 0.3 is 0 Å². The number of rotatable bonds is 7. The van der Waals surface area contributed by atoms with Crippen molar-refractivity contribution in [3.63, 3.8) is 0 Å². The average molecular weight is 478 g/mol. The van der Waals surface area contributed by atoms with Crippen LogP contribution in [0, 0.1) is 0 Å². The van der Waals surface area contributed by atoms with Gasteiger partial charge in [-0.1, -0.05) is 46.9 Å². The number of benzene rings is 1. The zero-order valence-electron chi connectivity index (χ0n) is 14.3. The minimum absolute atomic E-state index is 0.0498. The summed E-state index contributed by atoms with van der Waals surface area (Å²) >= 11 is 3.74. The van der Waals surface area contributed by atoms with Crippen molar-refractivity contribution in [2.24, 2.45) is 0 Å². The van der Waals surface area contributed by atoms with Crippen LogP contribution in [0.3, 0.4) is 0 Å². The molecule has 2 N–H and O–H groups in total. The summed E-state index contributed by atoms with van der Waals surface area (Å²) in [5, 5.41) is 8.65. The highest BCUT2D eigenvalue weighted by molar-refractivity contribution is 14.1. The van der Waals surface area contributed by atoms with Crippen LogP contribution in [0.5, 0.6) is 0 Å². The molecule has 0 fully saturated rings. The number of hydrogen-bond donors (Lipinski definition) is 2. The second-order valence-corrected chi connectivity index (χ2v) is 7.25. The number of aromatic nitrogens is 2. The minimum Gasteiger partial charge on any atom is -0.370 e. The molecule has 7 heteroatoms. The van der Waals surface area contributed by atoms with Gasteiger partial charge in [-0.25, -0.2) is 9.97 Å². The Kier molecular flexibility index (Phi) is 6.56. The molecular weight excluding hydrogens is 459 g/mol. The van der Waals surface area contributed by atoms with Gasteiger partial charge in [0.1, 0.15) is 5.82 Å². The number of carbonyl (C=O) groups excluding carboxylic acids is 1. The van der Waals surface area contributed by atoms with Crippen molar-refractivity contribution < 1.29 is 4.79 Å². The summed E-state index contributed by atoms with van der Waals surface area (Å²) < 4.78 is 0.888. The smallest absolute Gasteiger partial charge is 0.230 e. The third-order valence-corrected chi connectivity index (χ3v) is 5.36. The number of nitrogens with zero attached hydrogens (tertiary/aromatic N) is 2. The first kappa shape index (κ1) is 18.8. The molecule has 0 aliphatic carbocycles. The molecule has 0 saturated carbocycles. The van der Waals surface area contributed by atoms with Crippen LogP contribution in [0.15, 0.2) is 48.0 Å². The monoisotopic (exact) mass is 478 g/mol. The molecule has 0 spiro atoms. The van der Waals surface area contributed by atoms with Crippen molar-refractivity contribution in [2.75, 3.05) is 17.2 Å². The fourth-order valence-corrected chi connectivity index (χ4v) is 4.01. The highest BCUT2D eigenvalue weighted by Crippen LogP contribution is 2.26. The molecule has 1 aromatic carbocycles. The van der Waals surface area contributed by atoms with Gasteiger partial charge in [0.05, 0.1) is 12.1 Å². The highest BCUT2D eigenvalue weighted by atomic mass is 127. The van der Waals surface area contributed by atoms with Crippen LogP contribution in [0.2, 0.25) is 0 Å². The Hall–Kier alpha value is -2.00. The van der Waals surface area contributed by atoms with Gasteiger partial charge < -0.3 is 10.6 Å². The van der Waals surface area contributed by atoms with Crippen molar-refractivity contribution in [1.82, 2.24) is 9.97 Å². The van der Waals surface area contributed by atoms with E-state index in [9.17, 15) is 4.79 Å². The van der Waals surface area contributed by atoms with Crippen molar-refractivity contribution in [3.8, 4) is 11.3 Å². The van der Waals surface area contributed by atoms with E-state index in [2.05, 4.69) is 49.3 Å². The van der Waals surface area contributed by atoms with Gasteiger partial charge in [-0.2, -0.15) is 0 Å². The molecule has 0 unspecified atom stereocenters. The Bertz CT molecular complexity index is 897. The number of amides is 1. The van der Waals surface area contributed by atoms with Crippen molar-refractivity contribution >= 4 is 50.8 Å². The second kappa shape index (κ2) is 9.09. The predicted molar refractivity (Wildman–Crippen MR) is 116 cm³/mol. The Morgan fingerprint density at radius 2 is 2.04 bits per heavy atom. The standard InChI is InChI=1S/C19H19IN4OS/c1-2-21-17-9-14(7-8-22-17)16-12-26-19(23-16)24-18(25)10-13-5-3-4-6-15(13)11-20/h3-9,12H,2,10-11H2,1H3,(H,21,22)(H,23,24,25). The lowest BCUT2D eigenvalue weighted by Gasteiger charge is -2.06. The maximum Gasteiger partial charge on any atom is 0.230 e. The third-order valence-electron chi connectivity index (χ3n) is 3.78. The van der Waals surface area contributed by atoms with Crippen LogP contribution < -0.4 is 10.6 Å². The average Bonchev–Trinajstić information content (AvgIpc) is 3.11. The number of alkyl halides is 1. The lowest BCUT2D eigenvalue weighted by atomic mass is 10.1. The topological polar surface area (TPSA) is 66.9 Å². The van der Waals surface area contributed by atoms with Gasteiger partial charge in [-0.3, -0.25) is 4.79 Å². The van der Waals surface area contributed by atoms with E-state index >= 15 is 0 Å². The third kappa shape index (κ3) is 4.79. The summed E-state index contributed by atoms with van der Waals surface area (Å²) in [5.74, 6) is 0.769. The lowest BCUT2D eigenvalue weighted by Crippen LogP contribution is -2.15. The number of thiazole rings is 1. The summed E-state index contributed by atoms with van der Waals surface area (Å²) in [7, 11) is 0. The van der Waals surface area contributed by atoms with E-state index in [0.29, 0.717) is 11.6 Å². The number of carbonyl (C=O) groups is 1. The molecule has 2 aromatic heterocycles. The van der Waals surface area contributed by atoms with Crippen molar-refractivity contribution in [2.45, 2.75) is 17.8 Å². The Balaban J connectivity index is 1.68.